The Labute approximate surface area is 101 Å². The largest absolute Gasteiger partial charge is 0.504 e. The van der Waals surface area contributed by atoms with Gasteiger partial charge in [0, 0.05) is 4.91 Å². The lowest BCUT2D eigenvalue weighted by atomic mass is 10.0. The average Bonchev–Trinajstić information content (AvgIpc) is 2.38. The molecule has 2 unspecified atom stereocenters. The van der Waals surface area contributed by atoms with Gasteiger partial charge in [0.05, 0.1) is 18.2 Å². The molecule has 1 rings (SSSR count). The molecule has 96 valence electrons. The van der Waals surface area contributed by atoms with Crippen molar-refractivity contribution in [1.29, 1.82) is 0 Å². The molecule has 0 aromatic heterocycles. The van der Waals surface area contributed by atoms with Crippen LogP contribution in [0.3, 0.4) is 0 Å². The molecular weight excluding hydrogens is 245 g/mol. The minimum absolute atomic E-state index is 0.104. The van der Waals surface area contributed by atoms with E-state index in [4.69, 9.17) is 10.6 Å². The lowest BCUT2D eigenvalue weighted by Gasteiger charge is -2.17. The van der Waals surface area contributed by atoms with Crippen LogP contribution < -0.4 is 0 Å². The molecule has 0 heterocycles. The molecule has 0 aliphatic rings. The number of aliphatic hydroxyl groups is 2. The second-order valence-corrected chi connectivity index (χ2v) is 3.48. The fraction of sp³-hybridized carbons (Fsp3) is 0.300. The molecule has 7 nitrogen and oxygen atoms in total. The van der Waals surface area contributed by atoms with Crippen molar-refractivity contribution in [3.05, 3.63) is 39.5 Å². The van der Waals surface area contributed by atoms with Crippen LogP contribution in [0.4, 0.5) is 4.39 Å². The van der Waals surface area contributed by atoms with Crippen LogP contribution in [0, 0.1) is 5.82 Å². The van der Waals surface area contributed by atoms with Crippen molar-refractivity contribution in [2.24, 2.45) is 5.11 Å². The van der Waals surface area contributed by atoms with Gasteiger partial charge in [0.1, 0.15) is 6.10 Å². The smallest absolute Gasteiger partial charge is 0.165 e. The highest BCUT2D eigenvalue weighted by molar-refractivity contribution is 5.79. The van der Waals surface area contributed by atoms with Crippen molar-refractivity contribution < 1.29 is 24.5 Å². The fourth-order valence-electron chi connectivity index (χ4n) is 1.34. The quantitative estimate of drug-likeness (QED) is 0.314. The maximum Gasteiger partial charge on any atom is 0.165 e. The van der Waals surface area contributed by atoms with Gasteiger partial charge in [-0.2, -0.15) is 0 Å². The summed E-state index contributed by atoms with van der Waals surface area (Å²) in [5.74, 6) is -1.92. The average molecular weight is 255 g/mol. The molecule has 18 heavy (non-hydrogen) atoms. The van der Waals surface area contributed by atoms with Gasteiger partial charge in [-0.1, -0.05) is 5.11 Å². The van der Waals surface area contributed by atoms with Crippen molar-refractivity contribution in [2.75, 3.05) is 6.54 Å². The maximum absolute atomic E-state index is 13.2. The highest BCUT2D eigenvalue weighted by Crippen LogP contribution is 2.26. The number of carbonyl (C=O) groups excluding carboxylic acids is 1. The molecule has 2 atom stereocenters. The van der Waals surface area contributed by atoms with Crippen LogP contribution in [0.2, 0.25) is 0 Å². The van der Waals surface area contributed by atoms with Gasteiger partial charge in [0.25, 0.3) is 0 Å². The molecular formula is C10H10FN3O4. The number of halogens is 1. The highest BCUT2D eigenvalue weighted by atomic mass is 19.1. The van der Waals surface area contributed by atoms with Crippen LogP contribution in [0.15, 0.2) is 17.2 Å². The zero-order valence-electron chi connectivity index (χ0n) is 9.06. The van der Waals surface area contributed by atoms with E-state index < -0.39 is 30.3 Å². The van der Waals surface area contributed by atoms with Crippen LogP contribution in [0.5, 0.6) is 5.75 Å². The molecule has 0 amide bonds. The zero-order valence-corrected chi connectivity index (χ0v) is 9.06. The van der Waals surface area contributed by atoms with E-state index in [1.54, 1.807) is 0 Å². The summed E-state index contributed by atoms with van der Waals surface area (Å²) in [4.78, 5) is 13.0. The van der Waals surface area contributed by atoms with Gasteiger partial charge in [-0.15, -0.1) is 0 Å². The Kier molecular flexibility index (Phi) is 4.61. The third kappa shape index (κ3) is 2.95. The zero-order chi connectivity index (χ0) is 13.7. The first-order valence-corrected chi connectivity index (χ1v) is 4.85. The van der Waals surface area contributed by atoms with E-state index in [0.29, 0.717) is 0 Å². The van der Waals surface area contributed by atoms with Crippen LogP contribution in [0.1, 0.15) is 22.0 Å². The fourth-order valence-corrected chi connectivity index (χ4v) is 1.34. The van der Waals surface area contributed by atoms with Gasteiger partial charge >= 0.3 is 0 Å². The van der Waals surface area contributed by atoms with E-state index in [-0.39, 0.29) is 17.4 Å². The molecule has 0 bridgehead atoms. The number of aliphatic hydroxyl groups excluding tert-OH is 2. The normalized spacial score (nSPS) is 13.5. The Hall–Kier alpha value is -2.15. The molecule has 0 spiro atoms. The van der Waals surface area contributed by atoms with Gasteiger partial charge < -0.3 is 15.3 Å². The number of hydrogen-bond acceptors (Lipinski definition) is 5. The van der Waals surface area contributed by atoms with Crippen LogP contribution in [-0.4, -0.2) is 34.3 Å². The molecule has 0 saturated heterocycles. The SMILES string of the molecule is [N-]=[N+]=NCC(O)C(O)c1cc(F)c(O)c(C=O)c1. The second kappa shape index (κ2) is 5.97. The number of hydrogen-bond donors (Lipinski definition) is 3. The number of aromatic hydroxyl groups is 1. The maximum atomic E-state index is 13.2. The Morgan fingerprint density at radius 2 is 2.17 bits per heavy atom. The second-order valence-electron chi connectivity index (χ2n) is 3.48. The van der Waals surface area contributed by atoms with E-state index in [2.05, 4.69) is 10.0 Å². The molecule has 3 N–H and O–H groups in total. The number of carbonyl (C=O) groups is 1. The summed E-state index contributed by atoms with van der Waals surface area (Å²) in [5.41, 5.74) is 7.61. The van der Waals surface area contributed by atoms with Crippen LogP contribution in [0.25, 0.3) is 10.4 Å². The third-order valence-corrected chi connectivity index (χ3v) is 2.28. The number of benzene rings is 1. The van der Waals surface area contributed by atoms with Crippen molar-refractivity contribution in [3.8, 4) is 5.75 Å². The van der Waals surface area contributed by atoms with Crippen molar-refractivity contribution in [2.45, 2.75) is 12.2 Å². The van der Waals surface area contributed by atoms with Crippen molar-refractivity contribution >= 4 is 6.29 Å². The summed E-state index contributed by atoms with van der Waals surface area (Å²) in [6.45, 7) is -0.406. The highest BCUT2D eigenvalue weighted by Gasteiger charge is 2.20. The first-order chi connectivity index (χ1) is 8.51. The topological polar surface area (TPSA) is 127 Å². The summed E-state index contributed by atoms with van der Waals surface area (Å²) in [5, 5.41) is 31.3. The summed E-state index contributed by atoms with van der Waals surface area (Å²) in [6.07, 6.45) is -2.76. The standard InChI is InChI=1S/C10H10FN3O4/c11-7-2-5(1-6(4-15)9(7)17)10(18)8(16)3-13-14-12/h1-2,4,8,10,16-18H,3H2. The monoisotopic (exact) mass is 255 g/mol. The van der Waals surface area contributed by atoms with E-state index in [9.17, 15) is 19.4 Å². The number of rotatable bonds is 5. The van der Waals surface area contributed by atoms with Gasteiger partial charge in [-0.25, -0.2) is 4.39 Å². The Balaban J connectivity index is 3.05. The Morgan fingerprint density at radius 1 is 1.50 bits per heavy atom. The number of nitrogens with zero attached hydrogens (tertiary/aromatic N) is 3. The lowest BCUT2D eigenvalue weighted by molar-refractivity contribution is 0.0241. The third-order valence-electron chi connectivity index (χ3n) is 2.28. The number of phenolic OH excluding ortho intramolecular Hbond substituents is 1. The van der Waals surface area contributed by atoms with Gasteiger partial charge in [0.2, 0.25) is 0 Å². The number of aldehydes is 1. The minimum atomic E-state index is -1.54. The van der Waals surface area contributed by atoms with Gasteiger partial charge in [0.15, 0.2) is 17.9 Å². The van der Waals surface area contributed by atoms with E-state index in [1.165, 1.54) is 0 Å². The minimum Gasteiger partial charge on any atom is -0.504 e. The molecule has 0 aliphatic heterocycles. The molecule has 0 fully saturated rings. The van der Waals surface area contributed by atoms with Crippen LogP contribution in [-0.2, 0) is 0 Å². The number of phenols is 1. The number of azide groups is 1. The summed E-state index contributed by atoms with van der Waals surface area (Å²) < 4.78 is 13.2. The van der Waals surface area contributed by atoms with E-state index in [1.807, 2.05) is 0 Å². The lowest BCUT2D eigenvalue weighted by Crippen LogP contribution is -2.21. The summed E-state index contributed by atoms with van der Waals surface area (Å²) >= 11 is 0. The van der Waals surface area contributed by atoms with Crippen molar-refractivity contribution in [3.63, 3.8) is 0 Å². The molecule has 1 aromatic rings. The summed E-state index contributed by atoms with van der Waals surface area (Å²) in [6, 6.07) is 1.82. The molecule has 0 aliphatic carbocycles. The molecule has 1 aromatic carbocycles. The van der Waals surface area contributed by atoms with Gasteiger partial charge in [-0.3, -0.25) is 4.79 Å². The summed E-state index contributed by atoms with van der Waals surface area (Å²) in [7, 11) is 0. The predicted octanol–water partition coefficient (Wildman–Crippen LogP) is 1.05. The molecule has 0 saturated carbocycles. The Bertz CT molecular complexity index is 502. The van der Waals surface area contributed by atoms with Crippen LogP contribution >= 0.6 is 0 Å². The van der Waals surface area contributed by atoms with Crippen molar-refractivity contribution in [1.82, 2.24) is 0 Å². The van der Waals surface area contributed by atoms with Gasteiger partial charge in [-0.05, 0) is 23.2 Å². The Morgan fingerprint density at radius 3 is 2.72 bits per heavy atom. The van der Waals surface area contributed by atoms with E-state index >= 15 is 0 Å². The first-order valence-electron chi connectivity index (χ1n) is 4.85. The first kappa shape index (κ1) is 13.9. The molecule has 0 radical (unpaired) electrons. The van der Waals surface area contributed by atoms with E-state index in [0.717, 1.165) is 12.1 Å². The predicted molar refractivity (Wildman–Crippen MR) is 58.4 cm³/mol. The molecule has 8 heteroatoms.